The SMILES string of the molecule is CCCCC(CC)CCNC1CCN(C(=O)c2ccoc2)CC1. The first-order valence-electron chi connectivity index (χ1n) is 9.29. The number of carbonyl (C=O) groups is 1. The number of hydrogen-bond acceptors (Lipinski definition) is 3. The molecule has 1 aromatic rings. The van der Waals surface area contributed by atoms with Crippen LogP contribution in [0.3, 0.4) is 0 Å². The Morgan fingerprint density at radius 3 is 2.74 bits per heavy atom. The number of furan rings is 1. The van der Waals surface area contributed by atoms with E-state index in [4.69, 9.17) is 4.42 Å². The summed E-state index contributed by atoms with van der Waals surface area (Å²) in [6, 6.07) is 2.31. The first-order chi connectivity index (χ1) is 11.2. The minimum atomic E-state index is 0.0998. The quantitative estimate of drug-likeness (QED) is 0.745. The Kier molecular flexibility index (Phi) is 7.66. The Morgan fingerprint density at radius 1 is 1.35 bits per heavy atom. The van der Waals surface area contributed by atoms with Crippen LogP contribution in [0.2, 0.25) is 0 Å². The van der Waals surface area contributed by atoms with Crippen LogP contribution in [-0.2, 0) is 0 Å². The zero-order chi connectivity index (χ0) is 16.5. The van der Waals surface area contributed by atoms with Crippen molar-refractivity contribution in [2.24, 2.45) is 5.92 Å². The second kappa shape index (κ2) is 9.76. The summed E-state index contributed by atoms with van der Waals surface area (Å²) < 4.78 is 5.00. The zero-order valence-electron chi connectivity index (χ0n) is 14.7. The van der Waals surface area contributed by atoms with Gasteiger partial charge in [0.2, 0.25) is 0 Å². The van der Waals surface area contributed by atoms with Crippen molar-refractivity contribution >= 4 is 5.91 Å². The van der Waals surface area contributed by atoms with Gasteiger partial charge in [-0.05, 0) is 37.8 Å². The normalized spacial score (nSPS) is 17.4. The molecule has 0 spiro atoms. The lowest BCUT2D eigenvalue weighted by molar-refractivity contribution is 0.0704. The van der Waals surface area contributed by atoms with Crippen LogP contribution >= 0.6 is 0 Å². The molecule has 2 rings (SSSR count). The first-order valence-corrected chi connectivity index (χ1v) is 9.29. The van der Waals surface area contributed by atoms with Crippen molar-refractivity contribution in [1.29, 1.82) is 0 Å². The van der Waals surface area contributed by atoms with Crippen molar-refractivity contribution in [2.75, 3.05) is 19.6 Å². The standard InChI is InChI=1S/C19H32N2O2/c1-3-5-6-16(4-2)7-11-20-18-8-12-21(13-9-18)19(22)17-10-14-23-15-17/h10,14-16,18,20H,3-9,11-13H2,1-2H3. The molecule has 1 unspecified atom stereocenters. The summed E-state index contributed by atoms with van der Waals surface area (Å²) in [4.78, 5) is 14.2. The van der Waals surface area contributed by atoms with Crippen molar-refractivity contribution in [3.05, 3.63) is 24.2 Å². The minimum absolute atomic E-state index is 0.0998. The number of unbranched alkanes of at least 4 members (excludes halogenated alkanes) is 1. The van der Waals surface area contributed by atoms with Gasteiger partial charge in [0.05, 0.1) is 11.8 Å². The molecule has 1 atom stereocenters. The van der Waals surface area contributed by atoms with Crippen LogP contribution in [0.5, 0.6) is 0 Å². The van der Waals surface area contributed by atoms with Gasteiger partial charge < -0.3 is 14.6 Å². The maximum Gasteiger partial charge on any atom is 0.257 e. The Bertz CT molecular complexity index is 436. The zero-order valence-corrected chi connectivity index (χ0v) is 14.7. The van der Waals surface area contributed by atoms with E-state index in [1.54, 1.807) is 12.3 Å². The highest BCUT2D eigenvalue weighted by Crippen LogP contribution is 2.17. The average Bonchev–Trinajstić information content (AvgIpc) is 3.12. The molecule has 1 amide bonds. The smallest absolute Gasteiger partial charge is 0.257 e. The van der Waals surface area contributed by atoms with Gasteiger partial charge in [-0.1, -0.05) is 39.5 Å². The van der Waals surface area contributed by atoms with Gasteiger partial charge in [0, 0.05) is 19.1 Å². The molecular weight excluding hydrogens is 288 g/mol. The van der Waals surface area contributed by atoms with Gasteiger partial charge >= 0.3 is 0 Å². The highest BCUT2D eigenvalue weighted by Gasteiger charge is 2.23. The largest absolute Gasteiger partial charge is 0.472 e. The summed E-state index contributed by atoms with van der Waals surface area (Å²) in [5, 5.41) is 3.70. The molecule has 1 N–H and O–H groups in total. The van der Waals surface area contributed by atoms with Gasteiger partial charge in [-0.25, -0.2) is 0 Å². The molecule has 23 heavy (non-hydrogen) atoms. The van der Waals surface area contributed by atoms with Gasteiger partial charge in [0.25, 0.3) is 5.91 Å². The second-order valence-electron chi connectivity index (χ2n) is 6.74. The van der Waals surface area contributed by atoms with Crippen molar-refractivity contribution in [3.63, 3.8) is 0 Å². The van der Waals surface area contributed by atoms with Crippen molar-refractivity contribution in [1.82, 2.24) is 10.2 Å². The predicted molar refractivity (Wildman–Crippen MR) is 93.6 cm³/mol. The van der Waals surface area contributed by atoms with Crippen LogP contribution in [0.4, 0.5) is 0 Å². The maximum absolute atomic E-state index is 12.3. The fraction of sp³-hybridized carbons (Fsp3) is 0.737. The molecule has 0 aliphatic carbocycles. The van der Waals surface area contributed by atoms with Crippen molar-refractivity contribution in [2.45, 2.75) is 64.8 Å². The fourth-order valence-corrected chi connectivity index (χ4v) is 3.39. The molecular formula is C19H32N2O2. The van der Waals surface area contributed by atoms with Crippen molar-refractivity contribution in [3.8, 4) is 0 Å². The Balaban J connectivity index is 1.64. The number of nitrogens with zero attached hydrogens (tertiary/aromatic N) is 1. The van der Waals surface area contributed by atoms with E-state index in [9.17, 15) is 4.79 Å². The molecule has 1 saturated heterocycles. The van der Waals surface area contributed by atoms with E-state index < -0.39 is 0 Å². The summed E-state index contributed by atoms with van der Waals surface area (Å²) in [5.41, 5.74) is 0.665. The summed E-state index contributed by atoms with van der Waals surface area (Å²) >= 11 is 0. The van der Waals surface area contributed by atoms with Gasteiger partial charge in [0.15, 0.2) is 0 Å². The van der Waals surface area contributed by atoms with E-state index in [-0.39, 0.29) is 5.91 Å². The predicted octanol–water partition coefficient (Wildman–Crippen LogP) is 4.08. The summed E-state index contributed by atoms with van der Waals surface area (Å²) in [5.74, 6) is 0.966. The summed E-state index contributed by atoms with van der Waals surface area (Å²) in [7, 11) is 0. The lowest BCUT2D eigenvalue weighted by atomic mass is 9.95. The van der Waals surface area contributed by atoms with Crippen LogP contribution in [0.15, 0.2) is 23.0 Å². The number of nitrogens with one attached hydrogen (secondary N) is 1. The van der Waals surface area contributed by atoms with Gasteiger partial charge in [-0.3, -0.25) is 4.79 Å². The molecule has 0 bridgehead atoms. The van der Waals surface area contributed by atoms with E-state index >= 15 is 0 Å². The van der Waals surface area contributed by atoms with Crippen molar-refractivity contribution < 1.29 is 9.21 Å². The highest BCUT2D eigenvalue weighted by molar-refractivity contribution is 5.93. The Hall–Kier alpha value is -1.29. The molecule has 0 aromatic carbocycles. The molecule has 0 radical (unpaired) electrons. The third-order valence-corrected chi connectivity index (χ3v) is 5.08. The Labute approximate surface area is 140 Å². The van der Waals surface area contributed by atoms with Crippen LogP contribution in [-0.4, -0.2) is 36.5 Å². The lowest BCUT2D eigenvalue weighted by Crippen LogP contribution is -2.45. The average molecular weight is 320 g/mol. The molecule has 0 saturated carbocycles. The lowest BCUT2D eigenvalue weighted by Gasteiger charge is -2.32. The molecule has 1 fully saturated rings. The first kappa shape index (κ1) is 18.1. The van der Waals surface area contributed by atoms with Gasteiger partial charge in [0.1, 0.15) is 6.26 Å². The van der Waals surface area contributed by atoms with Crippen LogP contribution in [0, 0.1) is 5.92 Å². The topological polar surface area (TPSA) is 45.5 Å². The number of hydrogen-bond donors (Lipinski definition) is 1. The molecule has 4 heteroatoms. The molecule has 1 aliphatic heterocycles. The van der Waals surface area contributed by atoms with Crippen LogP contribution in [0.25, 0.3) is 0 Å². The number of carbonyl (C=O) groups excluding carboxylic acids is 1. The number of likely N-dealkylation sites (tertiary alicyclic amines) is 1. The third-order valence-electron chi connectivity index (χ3n) is 5.08. The van der Waals surface area contributed by atoms with E-state index in [2.05, 4.69) is 19.2 Å². The monoisotopic (exact) mass is 320 g/mol. The number of piperidine rings is 1. The van der Waals surface area contributed by atoms with Crippen LogP contribution in [0.1, 0.15) is 69.2 Å². The molecule has 4 nitrogen and oxygen atoms in total. The Morgan fingerprint density at radius 2 is 2.13 bits per heavy atom. The summed E-state index contributed by atoms with van der Waals surface area (Å²) in [6.07, 6.45) is 11.8. The van der Waals surface area contributed by atoms with E-state index in [0.29, 0.717) is 11.6 Å². The van der Waals surface area contributed by atoms with Gasteiger partial charge in [-0.15, -0.1) is 0 Å². The minimum Gasteiger partial charge on any atom is -0.472 e. The second-order valence-corrected chi connectivity index (χ2v) is 6.74. The van der Waals surface area contributed by atoms with Gasteiger partial charge in [-0.2, -0.15) is 0 Å². The molecule has 2 heterocycles. The summed E-state index contributed by atoms with van der Waals surface area (Å²) in [6.45, 7) is 7.37. The van der Waals surface area contributed by atoms with E-state index in [0.717, 1.165) is 38.4 Å². The number of amides is 1. The van der Waals surface area contributed by atoms with E-state index in [1.165, 1.54) is 38.4 Å². The third kappa shape index (κ3) is 5.69. The highest BCUT2D eigenvalue weighted by atomic mass is 16.3. The molecule has 130 valence electrons. The maximum atomic E-state index is 12.3. The molecule has 1 aromatic heterocycles. The van der Waals surface area contributed by atoms with E-state index in [1.807, 2.05) is 4.90 Å². The fourth-order valence-electron chi connectivity index (χ4n) is 3.39. The van der Waals surface area contributed by atoms with Crippen LogP contribution < -0.4 is 5.32 Å². The molecule has 1 aliphatic rings. The number of rotatable bonds is 9.